The standard InChI is InChI=1S/C8H9BrF5NOS/c9-7-4-6(17(10,11,12,13)14)3-5(1-2-15)8(7)16/h3-4,16H,1-2,15H2. The molecule has 0 unspecified atom stereocenters. The van der Waals surface area contributed by atoms with E-state index in [1.807, 2.05) is 0 Å². The number of nitrogens with two attached hydrogens (primary N) is 1. The van der Waals surface area contributed by atoms with Crippen molar-refractivity contribution in [3.8, 4) is 5.75 Å². The second-order valence-corrected chi connectivity index (χ2v) is 6.68. The fourth-order valence-electron chi connectivity index (χ4n) is 1.20. The third-order valence-electron chi connectivity index (χ3n) is 1.97. The van der Waals surface area contributed by atoms with Gasteiger partial charge in [-0.1, -0.05) is 19.4 Å². The molecule has 1 rings (SSSR count). The molecule has 2 nitrogen and oxygen atoms in total. The lowest BCUT2D eigenvalue weighted by atomic mass is 10.1. The molecule has 0 saturated heterocycles. The molecule has 0 heterocycles. The highest BCUT2D eigenvalue weighted by molar-refractivity contribution is 9.10. The van der Waals surface area contributed by atoms with Gasteiger partial charge in [0.15, 0.2) is 0 Å². The summed E-state index contributed by atoms with van der Waals surface area (Å²) in [5.41, 5.74) is 4.85. The van der Waals surface area contributed by atoms with E-state index in [4.69, 9.17) is 5.73 Å². The maximum atomic E-state index is 12.5. The van der Waals surface area contributed by atoms with Crippen molar-refractivity contribution in [3.05, 3.63) is 22.2 Å². The van der Waals surface area contributed by atoms with Crippen LogP contribution < -0.4 is 5.73 Å². The minimum absolute atomic E-state index is 0.0657. The van der Waals surface area contributed by atoms with Gasteiger partial charge in [-0.05, 0) is 46.6 Å². The summed E-state index contributed by atoms with van der Waals surface area (Å²) in [6.07, 6.45) is -0.133. The lowest BCUT2D eigenvalue weighted by Gasteiger charge is -2.40. The van der Waals surface area contributed by atoms with Crippen LogP contribution in [0.4, 0.5) is 19.4 Å². The van der Waals surface area contributed by atoms with Crippen molar-refractivity contribution in [1.82, 2.24) is 0 Å². The summed E-state index contributed by atoms with van der Waals surface area (Å²) in [7, 11) is -9.74. The van der Waals surface area contributed by atoms with E-state index < -0.39 is 25.3 Å². The third kappa shape index (κ3) is 3.46. The Balaban J connectivity index is 3.50. The molecule has 0 atom stereocenters. The Labute approximate surface area is 102 Å². The number of rotatable bonds is 3. The molecular formula is C8H9BrF5NOS. The molecule has 0 aliphatic rings. The van der Waals surface area contributed by atoms with Crippen LogP contribution >= 0.6 is 26.2 Å². The summed E-state index contributed by atoms with van der Waals surface area (Å²) in [5, 5.41) is 9.39. The van der Waals surface area contributed by atoms with Crippen LogP contribution in [0.5, 0.6) is 5.75 Å². The van der Waals surface area contributed by atoms with E-state index in [1.54, 1.807) is 0 Å². The van der Waals surface area contributed by atoms with Gasteiger partial charge in [0.2, 0.25) is 0 Å². The molecule has 0 aromatic heterocycles. The molecular weight excluding hydrogens is 333 g/mol. The van der Waals surface area contributed by atoms with E-state index in [0.717, 1.165) is 0 Å². The predicted octanol–water partition coefficient (Wildman–Crippen LogP) is 4.31. The van der Waals surface area contributed by atoms with Gasteiger partial charge in [-0.3, -0.25) is 0 Å². The van der Waals surface area contributed by atoms with Gasteiger partial charge in [0.25, 0.3) is 0 Å². The van der Waals surface area contributed by atoms with Crippen molar-refractivity contribution in [1.29, 1.82) is 0 Å². The Morgan fingerprint density at radius 2 is 1.71 bits per heavy atom. The summed E-state index contributed by atoms with van der Waals surface area (Å²) < 4.78 is 62.3. The van der Waals surface area contributed by atoms with E-state index in [-0.39, 0.29) is 30.7 Å². The molecule has 1 aromatic carbocycles. The van der Waals surface area contributed by atoms with Crippen molar-refractivity contribution in [2.75, 3.05) is 6.54 Å². The first kappa shape index (κ1) is 14.5. The number of hydrogen-bond acceptors (Lipinski definition) is 2. The Morgan fingerprint density at radius 1 is 1.18 bits per heavy atom. The zero-order chi connectivity index (χ0) is 13.5. The van der Waals surface area contributed by atoms with Gasteiger partial charge in [0.1, 0.15) is 10.6 Å². The topological polar surface area (TPSA) is 46.2 Å². The lowest BCUT2D eigenvalue weighted by molar-refractivity contribution is 0.363. The summed E-state index contributed by atoms with van der Waals surface area (Å²) in [5.74, 6) is -0.513. The maximum Gasteiger partial charge on any atom is 0.310 e. The fraction of sp³-hybridized carbons (Fsp3) is 0.250. The lowest BCUT2D eigenvalue weighted by Crippen LogP contribution is -2.09. The Morgan fingerprint density at radius 3 is 2.12 bits per heavy atom. The first-order valence-corrected chi connectivity index (χ1v) is 7.05. The molecule has 100 valence electrons. The van der Waals surface area contributed by atoms with Crippen LogP contribution in [0.15, 0.2) is 21.5 Å². The van der Waals surface area contributed by atoms with E-state index in [9.17, 15) is 24.5 Å². The molecule has 0 bridgehead atoms. The molecule has 0 spiro atoms. The number of phenols is 1. The Hall–Kier alpha value is -0.540. The average molecular weight is 342 g/mol. The summed E-state index contributed by atoms with van der Waals surface area (Å²) in [6, 6.07) is 0.394. The summed E-state index contributed by atoms with van der Waals surface area (Å²) >= 11 is 2.60. The third-order valence-corrected chi connectivity index (χ3v) is 3.71. The van der Waals surface area contributed by atoms with Crippen LogP contribution in [-0.2, 0) is 6.42 Å². The molecule has 0 fully saturated rings. The Kier molecular flexibility index (Phi) is 2.98. The van der Waals surface area contributed by atoms with Gasteiger partial charge in [0.05, 0.1) is 4.47 Å². The monoisotopic (exact) mass is 341 g/mol. The van der Waals surface area contributed by atoms with Crippen LogP contribution in [0.25, 0.3) is 0 Å². The minimum atomic E-state index is -9.74. The molecule has 0 amide bonds. The highest BCUT2D eigenvalue weighted by atomic mass is 79.9. The molecule has 1 aromatic rings. The second kappa shape index (κ2) is 3.48. The molecule has 0 aliphatic heterocycles. The van der Waals surface area contributed by atoms with Gasteiger partial charge in [-0.2, -0.15) is 0 Å². The minimum Gasteiger partial charge on any atom is -0.506 e. The number of halogens is 6. The van der Waals surface area contributed by atoms with Gasteiger partial charge in [-0.15, -0.1) is 0 Å². The van der Waals surface area contributed by atoms with Crippen molar-refractivity contribution in [3.63, 3.8) is 0 Å². The van der Waals surface area contributed by atoms with Crippen LogP contribution in [-0.4, -0.2) is 11.7 Å². The van der Waals surface area contributed by atoms with Gasteiger partial charge in [0, 0.05) is 0 Å². The normalized spacial score (nSPS) is 16.4. The van der Waals surface area contributed by atoms with Crippen molar-refractivity contribution in [2.45, 2.75) is 11.3 Å². The van der Waals surface area contributed by atoms with E-state index in [0.29, 0.717) is 0 Å². The highest BCUT2D eigenvalue weighted by Gasteiger charge is 2.65. The fourth-order valence-corrected chi connectivity index (χ4v) is 2.56. The van der Waals surface area contributed by atoms with Gasteiger partial charge in [-0.25, -0.2) is 0 Å². The maximum absolute atomic E-state index is 12.5. The highest BCUT2D eigenvalue weighted by Crippen LogP contribution is 3.02. The van der Waals surface area contributed by atoms with Crippen LogP contribution in [0.2, 0.25) is 0 Å². The molecule has 3 N–H and O–H groups in total. The molecule has 0 aliphatic carbocycles. The van der Waals surface area contributed by atoms with Crippen LogP contribution in [0.1, 0.15) is 5.56 Å². The summed E-state index contributed by atoms with van der Waals surface area (Å²) in [4.78, 5) is -2.04. The van der Waals surface area contributed by atoms with Crippen LogP contribution in [0.3, 0.4) is 0 Å². The van der Waals surface area contributed by atoms with Gasteiger partial charge >= 0.3 is 10.2 Å². The number of hydrogen-bond donors (Lipinski definition) is 2. The molecule has 0 radical (unpaired) electrons. The summed E-state index contributed by atoms with van der Waals surface area (Å²) in [6.45, 7) is -0.0657. The van der Waals surface area contributed by atoms with E-state index >= 15 is 0 Å². The van der Waals surface area contributed by atoms with Gasteiger partial charge < -0.3 is 10.8 Å². The van der Waals surface area contributed by atoms with Crippen molar-refractivity contribution < 1.29 is 24.5 Å². The van der Waals surface area contributed by atoms with E-state index in [2.05, 4.69) is 15.9 Å². The second-order valence-electron chi connectivity index (χ2n) is 3.42. The molecule has 9 heteroatoms. The predicted molar refractivity (Wildman–Crippen MR) is 60.0 cm³/mol. The molecule has 17 heavy (non-hydrogen) atoms. The zero-order valence-electron chi connectivity index (χ0n) is 8.27. The number of aromatic hydroxyl groups is 1. The van der Waals surface area contributed by atoms with Crippen molar-refractivity contribution >= 4 is 26.2 Å². The number of phenolic OH excluding ortho intramolecular Hbond substituents is 1. The number of benzene rings is 1. The SMILES string of the molecule is NCCc1cc(S(F)(F)(F)(F)F)cc(Br)c1O. The Bertz CT molecular complexity index is 460. The molecule has 0 saturated carbocycles. The average Bonchev–Trinajstić information content (AvgIpc) is 2.08. The largest absolute Gasteiger partial charge is 0.506 e. The first-order valence-electron chi connectivity index (χ1n) is 4.30. The smallest absolute Gasteiger partial charge is 0.310 e. The first-order chi connectivity index (χ1) is 7.35. The van der Waals surface area contributed by atoms with Crippen molar-refractivity contribution in [2.24, 2.45) is 5.73 Å². The van der Waals surface area contributed by atoms with E-state index in [1.165, 1.54) is 0 Å². The zero-order valence-corrected chi connectivity index (χ0v) is 10.7. The van der Waals surface area contributed by atoms with Crippen LogP contribution in [0, 0.1) is 0 Å². The quantitative estimate of drug-likeness (QED) is 0.804.